The first-order valence-corrected chi connectivity index (χ1v) is 15.5. The molecule has 224 valence electrons. The molecule has 0 aromatic heterocycles. The van der Waals surface area contributed by atoms with Crippen LogP contribution < -0.4 is 10.1 Å². The molecule has 1 aliphatic heterocycles. The molecule has 0 saturated heterocycles. The number of rotatable bonds is 19. The Hall–Kier alpha value is -2.76. The van der Waals surface area contributed by atoms with Crippen molar-refractivity contribution in [2.75, 3.05) is 20.8 Å². The van der Waals surface area contributed by atoms with E-state index in [1.54, 1.807) is 0 Å². The predicted octanol–water partition coefficient (Wildman–Crippen LogP) is 8.30. The summed E-state index contributed by atoms with van der Waals surface area (Å²) < 4.78 is 16.4. The van der Waals surface area contributed by atoms with E-state index < -0.39 is 17.9 Å². The molecule has 0 unspecified atom stereocenters. The van der Waals surface area contributed by atoms with Crippen molar-refractivity contribution < 1.29 is 23.8 Å². The third-order valence-electron chi connectivity index (χ3n) is 7.87. The van der Waals surface area contributed by atoms with E-state index >= 15 is 0 Å². The maximum atomic E-state index is 13.1. The summed E-state index contributed by atoms with van der Waals surface area (Å²) in [5.41, 5.74) is 4.09. The standard InChI is InChI=1S/C34H53NO5/c1-7-9-10-11-12-13-14-15-16-17-18-19-20-22-27-23-21-24-28(40-8-2)31(27)32-29(33(36)38-5)25(3)35-26(4)30(32)34(37)39-6/h21,23-24,32,35H,7-20,22H2,1-6H3. The zero-order valence-electron chi connectivity index (χ0n) is 26.0. The van der Waals surface area contributed by atoms with Crippen LogP contribution in [0.2, 0.25) is 0 Å². The monoisotopic (exact) mass is 555 g/mol. The number of nitrogens with one attached hydrogen (secondary N) is 1. The summed E-state index contributed by atoms with van der Waals surface area (Å²) >= 11 is 0. The molecule has 1 N–H and O–H groups in total. The minimum Gasteiger partial charge on any atom is -0.494 e. The van der Waals surface area contributed by atoms with Crippen LogP contribution in [-0.4, -0.2) is 32.8 Å². The summed E-state index contributed by atoms with van der Waals surface area (Å²) in [6.07, 6.45) is 17.8. The number of carbonyl (C=O) groups excluding carboxylic acids is 2. The second-order valence-corrected chi connectivity index (χ2v) is 10.9. The SMILES string of the molecule is CCCCCCCCCCCCCCCc1cccc(OCC)c1C1C(C(=O)OC)=C(C)NC(C)=C1C(=O)OC. The highest BCUT2D eigenvalue weighted by molar-refractivity contribution is 6.00. The van der Waals surface area contributed by atoms with Crippen molar-refractivity contribution in [2.24, 2.45) is 0 Å². The molecule has 0 saturated carbocycles. The van der Waals surface area contributed by atoms with E-state index in [4.69, 9.17) is 14.2 Å². The number of unbranched alkanes of at least 4 members (excludes halogenated alkanes) is 12. The lowest BCUT2D eigenvalue weighted by Gasteiger charge is -2.32. The molecule has 0 fully saturated rings. The van der Waals surface area contributed by atoms with Gasteiger partial charge in [-0.05, 0) is 45.2 Å². The molecule has 1 heterocycles. The maximum absolute atomic E-state index is 13.1. The van der Waals surface area contributed by atoms with E-state index in [-0.39, 0.29) is 0 Å². The quantitative estimate of drug-likeness (QED) is 0.137. The first-order chi connectivity index (χ1) is 19.4. The zero-order valence-corrected chi connectivity index (χ0v) is 26.0. The van der Waals surface area contributed by atoms with Gasteiger partial charge < -0.3 is 19.5 Å². The van der Waals surface area contributed by atoms with Crippen LogP contribution in [-0.2, 0) is 25.5 Å². The van der Waals surface area contributed by atoms with Crippen LogP contribution in [0.3, 0.4) is 0 Å². The van der Waals surface area contributed by atoms with Crippen molar-refractivity contribution in [3.05, 3.63) is 51.9 Å². The number of hydrogen-bond donors (Lipinski definition) is 1. The van der Waals surface area contributed by atoms with Gasteiger partial charge in [0.25, 0.3) is 0 Å². The van der Waals surface area contributed by atoms with Crippen molar-refractivity contribution in [1.29, 1.82) is 0 Å². The second kappa shape index (κ2) is 18.6. The molecule has 0 radical (unpaired) electrons. The average molecular weight is 556 g/mol. The Bertz CT molecular complexity index is 972. The van der Waals surface area contributed by atoms with E-state index in [9.17, 15) is 9.59 Å². The summed E-state index contributed by atoms with van der Waals surface area (Å²) in [6, 6.07) is 6.01. The summed E-state index contributed by atoms with van der Waals surface area (Å²) in [7, 11) is 2.73. The molecular formula is C34H53NO5. The molecule has 40 heavy (non-hydrogen) atoms. The topological polar surface area (TPSA) is 73.9 Å². The Morgan fingerprint density at radius 3 is 1.65 bits per heavy atom. The lowest BCUT2D eigenvalue weighted by Crippen LogP contribution is -2.32. The Morgan fingerprint density at radius 1 is 0.725 bits per heavy atom. The molecule has 0 amide bonds. The molecule has 1 aliphatic rings. The molecule has 6 heteroatoms. The second-order valence-electron chi connectivity index (χ2n) is 10.9. The van der Waals surface area contributed by atoms with Crippen LogP contribution in [0.15, 0.2) is 40.7 Å². The van der Waals surface area contributed by atoms with Crippen LogP contribution in [0, 0.1) is 0 Å². The van der Waals surface area contributed by atoms with E-state index in [1.807, 2.05) is 32.9 Å². The van der Waals surface area contributed by atoms with E-state index in [0.717, 1.165) is 30.4 Å². The van der Waals surface area contributed by atoms with E-state index in [0.29, 0.717) is 34.9 Å². The number of ether oxygens (including phenoxy) is 3. The fraction of sp³-hybridized carbons (Fsp3) is 0.647. The van der Waals surface area contributed by atoms with E-state index in [2.05, 4.69) is 18.3 Å². The molecule has 1 aromatic carbocycles. The summed E-state index contributed by atoms with van der Waals surface area (Å²) in [5, 5.41) is 3.19. The molecule has 0 spiro atoms. The van der Waals surface area contributed by atoms with Gasteiger partial charge in [-0.3, -0.25) is 0 Å². The lowest BCUT2D eigenvalue weighted by atomic mass is 9.77. The molecule has 2 rings (SSSR count). The number of methoxy groups -OCH3 is 2. The molecule has 0 aliphatic carbocycles. The highest BCUT2D eigenvalue weighted by Gasteiger charge is 2.40. The van der Waals surface area contributed by atoms with Crippen LogP contribution >= 0.6 is 0 Å². The third-order valence-corrected chi connectivity index (χ3v) is 7.87. The molecular weight excluding hydrogens is 502 g/mol. The van der Waals surface area contributed by atoms with Gasteiger partial charge in [0.15, 0.2) is 0 Å². The molecule has 0 bridgehead atoms. The first-order valence-electron chi connectivity index (χ1n) is 15.5. The average Bonchev–Trinajstić information content (AvgIpc) is 2.94. The normalized spacial score (nSPS) is 13.8. The summed E-state index contributed by atoms with van der Waals surface area (Å²) in [6.45, 7) is 8.37. The predicted molar refractivity (Wildman–Crippen MR) is 162 cm³/mol. The number of dihydropyridines is 1. The number of allylic oxidation sites excluding steroid dienone is 2. The van der Waals surface area contributed by atoms with Gasteiger partial charge in [-0.2, -0.15) is 0 Å². The van der Waals surface area contributed by atoms with Gasteiger partial charge in [0.2, 0.25) is 0 Å². The van der Waals surface area contributed by atoms with Gasteiger partial charge in [-0.25, -0.2) is 9.59 Å². The Morgan fingerprint density at radius 2 is 1.20 bits per heavy atom. The van der Waals surface area contributed by atoms with Gasteiger partial charge in [-0.1, -0.05) is 96.1 Å². The van der Waals surface area contributed by atoms with Crippen molar-refractivity contribution in [2.45, 2.75) is 124 Å². The lowest BCUT2D eigenvalue weighted by molar-refractivity contribution is -0.137. The fourth-order valence-electron chi connectivity index (χ4n) is 5.79. The number of carbonyl (C=O) groups is 2. The molecule has 1 aromatic rings. The highest BCUT2D eigenvalue weighted by atomic mass is 16.5. The minimum absolute atomic E-state index is 0.410. The molecule has 6 nitrogen and oxygen atoms in total. The Labute approximate surface area is 242 Å². The molecule has 0 atom stereocenters. The van der Waals surface area contributed by atoms with Gasteiger partial charge in [0, 0.05) is 17.0 Å². The highest BCUT2D eigenvalue weighted by Crippen LogP contribution is 2.44. The van der Waals surface area contributed by atoms with Crippen molar-refractivity contribution in [1.82, 2.24) is 5.32 Å². The van der Waals surface area contributed by atoms with Crippen LogP contribution in [0.1, 0.15) is 128 Å². The Kier molecular flexibility index (Phi) is 15.5. The van der Waals surface area contributed by atoms with Crippen molar-refractivity contribution in [3.63, 3.8) is 0 Å². The first kappa shape index (κ1) is 33.4. The number of aryl methyl sites for hydroxylation is 1. The summed E-state index contributed by atoms with van der Waals surface area (Å²) in [5.74, 6) is -0.893. The van der Waals surface area contributed by atoms with Crippen LogP contribution in [0.25, 0.3) is 0 Å². The number of benzene rings is 1. The van der Waals surface area contributed by atoms with Crippen molar-refractivity contribution >= 4 is 11.9 Å². The Balaban J connectivity index is 2.12. The van der Waals surface area contributed by atoms with Crippen LogP contribution in [0.5, 0.6) is 5.75 Å². The van der Waals surface area contributed by atoms with Crippen LogP contribution in [0.4, 0.5) is 0 Å². The van der Waals surface area contributed by atoms with E-state index in [1.165, 1.54) is 84.8 Å². The van der Waals surface area contributed by atoms with Gasteiger partial charge in [0.05, 0.1) is 37.9 Å². The zero-order chi connectivity index (χ0) is 29.3. The van der Waals surface area contributed by atoms with Gasteiger partial charge in [-0.15, -0.1) is 0 Å². The smallest absolute Gasteiger partial charge is 0.336 e. The largest absolute Gasteiger partial charge is 0.494 e. The third kappa shape index (κ3) is 9.71. The minimum atomic E-state index is -0.638. The number of hydrogen-bond acceptors (Lipinski definition) is 6. The summed E-state index contributed by atoms with van der Waals surface area (Å²) in [4.78, 5) is 26.1. The van der Waals surface area contributed by atoms with Crippen molar-refractivity contribution in [3.8, 4) is 5.75 Å². The number of esters is 2. The maximum Gasteiger partial charge on any atom is 0.336 e. The van der Waals surface area contributed by atoms with Gasteiger partial charge in [0.1, 0.15) is 5.75 Å². The fourth-order valence-corrected chi connectivity index (χ4v) is 5.79. The van der Waals surface area contributed by atoms with Gasteiger partial charge >= 0.3 is 11.9 Å².